The van der Waals surface area contributed by atoms with Crippen LogP contribution in [0.15, 0.2) is 24.3 Å². The first kappa shape index (κ1) is 14.3. The van der Waals surface area contributed by atoms with E-state index in [0.29, 0.717) is 0 Å². The van der Waals surface area contributed by atoms with Gasteiger partial charge in [-0.25, -0.2) is 0 Å². The van der Waals surface area contributed by atoms with E-state index in [2.05, 4.69) is 4.74 Å². The van der Waals surface area contributed by atoms with Crippen molar-refractivity contribution in [2.45, 2.75) is 18.5 Å². The summed E-state index contributed by atoms with van der Waals surface area (Å²) in [7, 11) is 2.34. The van der Waals surface area contributed by atoms with Gasteiger partial charge in [0.25, 0.3) is 0 Å². The summed E-state index contributed by atoms with van der Waals surface area (Å²) in [6.07, 6.45) is -5.30. The first-order chi connectivity index (χ1) is 8.40. The van der Waals surface area contributed by atoms with E-state index in [1.807, 2.05) is 0 Å². The van der Waals surface area contributed by atoms with Crippen molar-refractivity contribution in [3.63, 3.8) is 0 Å². The van der Waals surface area contributed by atoms with E-state index < -0.39 is 24.5 Å². The summed E-state index contributed by atoms with van der Waals surface area (Å²) in [4.78, 5) is 11.1. The molecule has 18 heavy (non-hydrogen) atoms. The van der Waals surface area contributed by atoms with E-state index in [-0.39, 0.29) is 11.3 Å². The van der Waals surface area contributed by atoms with Gasteiger partial charge in [-0.3, -0.25) is 4.79 Å². The molecule has 1 unspecified atom stereocenters. The highest BCUT2D eigenvalue weighted by molar-refractivity contribution is 5.70. The van der Waals surface area contributed by atoms with Crippen LogP contribution in [-0.2, 0) is 9.53 Å². The summed E-state index contributed by atoms with van der Waals surface area (Å²) >= 11 is 0. The summed E-state index contributed by atoms with van der Waals surface area (Å²) in [5.74, 6) is -2.74. The summed E-state index contributed by atoms with van der Waals surface area (Å²) in [5, 5.41) is 0. The van der Waals surface area contributed by atoms with Crippen molar-refractivity contribution < 1.29 is 27.4 Å². The number of halogens is 3. The lowest BCUT2D eigenvalue weighted by molar-refractivity contribution is -0.165. The number of para-hydroxylation sites is 1. The van der Waals surface area contributed by atoms with Crippen LogP contribution in [0.5, 0.6) is 5.75 Å². The third-order valence-corrected chi connectivity index (χ3v) is 2.51. The van der Waals surface area contributed by atoms with Crippen LogP contribution < -0.4 is 4.74 Å². The van der Waals surface area contributed by atoms with Gasteiger partial charge in [0.05, 0.1) is 26.6 Å². The van der Waals surface area contributed by atoms with Crippen molar-refractivity contribution in [3.05, 3.63) is 29.8 Å². The second-order valence-corrected chi connectivity index (χ2v) is 3.62. The highest BCUT2D eigenvalue weighted by Crippen LogP contribution is 2.41. The van der Waals surface area contributed by atoms with Gasteiger partial charge in [-0.2, -0.15) is 13.2 Å². The molecule has 1 aromatic carbocycles. The lowest BCUT2D eigenvalue weighted by atomic mass is 9.94. The van der Waals surface area contributed by atoms with Gasteiger partial charge in [0.15, 0.2) is 0 Å². The van der Waals surface area contributed by atoms with Crippen LogP contribution >= 0.6 is 0 Å². The zero-order valence-electron chi connectivity index (χ0n) is 9.95. The fourth-order valence-electron chi connectivity index (χ4n) is 1.61. The Morgan fingerprint density at radius 2 is 1.89 bits per heavy atom. The Bertz CT molecular complexity index is 415. The number of carbonyl (C=O) groups excluding carboxylic acids is 1. The molecule has 0 radical (unpaired) electrons. The molecule has 1 rings (SSSR count). The Labute approximate surface area is 103 Å². The predicted octanol–water partition coefficient (Wildman–Crippen LogP) is 2.90. The van der Waals surface area contributed by atoms with Gasteiger partial charge < -0.3 is 9.47 Å². The molecule has 0 saturated carbocycles. The zero-order chi connectivity index (χ0) is 13.8. The van der Waals surface area contributed by atoms with Gasteiger partial charge in [0, 0.05) is 5.56 Å². The van der Waals surface area contributed by atoms with Gasteiger partial charge in [-0.15, -0.1) is 0 Å². The molecule has 0 N–H and O–H groups in total. The van der Waals surface area contributed by atoms with Crippen molar-refractivity contribution in [2.75, 3.05) is 14.2 Å². The number of hydrogen-bond acceptors (Lipinski definition) is 3. The molecule has 3 nitrogen and oxygen atoms in total. The van der Waals surface area contributed by atoms with E-state index in [1.165, 1.54) is 25.3 Å². The molecule has 1 aromatic rings. The topological polar surface area (TPSA) is 35.5 Å². The van der Waals surface area contributed by atoms with Crippen molar-refractivity contribution in [1.82, 2.24) is 0 Å². The lowest BCUT2D eigenvalue weighted by Crippen LogP contribution is -2.24. The molecular formula is C12H13F3O3. The van der Waals surface area contributed by atoms with Crippen LogP contribution in [0, 0.1) is 0 Å². The first-order valence-corrected chi connectivity index (χ1v) is 5.16. The number of methoxy groups -OCH3 is 2. The molecule has 0 heterocycles. The fraction of sp³-hybridized carbons (Fsp3) is 0.417. The summed E-state index contributed by atoms with van der Waals surface area (Å²) in [6, 6.07) is 5.74. The Balaban J connectivity index is 3.13. The SMILES string of the molecule is COC(=O)CC(c1ccccc1OC)C(F)(F)F. The minimum atomic E-state index is -4.54. The molecule has 0 aliphatic rings. The van der Waals surface area contributed by atoms with Crippen LogP contribution in [0.4, 0.5) is 13.2 Å². The number of alkyl halides is 3. The maximum atomic E-state index is 13.0. The van der Waals surface area contributed by atoms with Crippen LogP contribution in [0.3, 0.4) is 0 Å². The van der Waals surface area contributed by atoms with Crippen LogP contribution in [0.1, 0.15) is 17.9 Å². The smallest absolute Gasteiger partial charge is 0.396 e. The third kappa shape index (κ3) is 3.38. The molecule has 0 aliphatic heterocycles. The second-order valence-electron chi connectivity index (χ2n) is 3.62. The minimum absolute atomic E-state index is 0.0714. The number of carbonyl (C=O) groups is 1. The van der Waals surface area contributed by atoms with Crippen molar-refractivity contribution in [3.8, 4) is 5.75 Å². The average molecular weight is 262 g/mol. The Morgan fingerprint density at radius 1 is 1.28 bits per heavy atom. The number of rotatable bonds is 4. The van der Waals surface area contributed by atoms with Gasteiger partial charge in [-0.1, -0.05) is 18.2 Å². The largest absolute Gasteiger partial charge is 0.496 e. The lowest BCUT2D eigenvalue weighted by Gasteiger charge is -2.21. The Hall–Kier alpha value is -1.72. The molecule has 0 spiro atoms. The number of esters is 1. The van der Waals surface area contributed by atoms with Crippen molar-refractivity contribution >= 4 is 5.97 Å². The Morgan fingerprint density at radius 3 is 2.39 bits per heavy atom. The number of ether oxygens (including phenoxy) is 2. The van der Waals surface area contributed by atoms with Crippen LogP contribution in [-0.4, -0.2) is 26.4 Å². The standard InChI is InChI=1S/C12H13F3O3/c1-17-10-6-4-3-5-8(10)9(12(13,14)15)7-11(16)18-2/h3-6,9H,7H2,1-2H3. The fourth-order valence-corrected chi connectivity index (χ4v) is 1.61. The third-order valence-electron chi connectivity index (χ3n) is 2.51. The van der Waals surface area contributed by atoms with E-state index in [1.54, 1.807) is 6.07 Å². The maximum absolute atomic E-state index is 13.0. The van der Waals surface area contributed by atoms with Gasteiger partial charge in [-0.05, 0) is 6.07 Å². The molecule has 6 heteroatoms. The van der Waals surface area contributed by atoms with Crippen LogP contribution in [0.2, 0.25) is 0 Å². The molecule has 0 aliphatic carbocycles. The average Bonchev–Trinajstić information content (AvgIpc) is 2.34. The van der Waals surface area contributed by atoms with E-state index in [0.717, 1.165) is 7.11 Å². The normalized spacial score (nSPS) is 12.9. The highest BCUT2D eigenvalue weighted by atomic mass is 19.4. The van der Waals surface area contributed by atoms with Gasteiger partial charge in [0.2, 0.25) is 0 Å². The molecule has 0 aromatic heterocycles. The van der Waals surface area contributed by atoms with Gasteiger partial charge >= 0.3 is 12.1 Å². The van der Waals surface area contributed by atoms with E-state index >= 15 is 0 Å². The molecule has 0 saturated heterocycles. The summed E-state index contributed by atoms with van der Waals surface area (Å²) < 4.78 is 48.0. The maximum Gasteiger partial charge on any atom is 0.396 e. The van der Waals surface area contributed by atoms with Crippen LogP contribution in [0.25, 0.3) is 0 Å². The molecule has 0 bridgehead atoms. The summed E-state index contributed by atoms with van der Waals surface area (Å²) in [5.41, 5.74) is -0.0714. The molecule has 1 atom stereocenters. The first-order valence-electron chi connectivity index (χ1n) is 5.16. The molecule has 0 fully saturated rings. The zero-order valence-corrected chi connectivity index (χ0v) is 9.95. The van der Waals surface area contributed by atoms with E-state index in [4.69, 9.17) is 4.74 Å². The predicted molar refractivity (Wildman–Crippen MR) is 58.4 cm³/mol. The molecule has 100 valence electrons. The highest BCUT2D eigenvalue weighted by Gasteiger charge is 2.43. The molecular weight excluding hydrogens is 249 g/mol. The Kier molecular flexibility index (Phi) is 4.58. The number of benzene rings is 1. The van der Waals surface area contributed by atoms with Crippen molar-refractivity contribution in [1.29, 1.82) is 0 Å². The van der Waals surface area contributed by atoms with Gasteiger partial charge in [0.1, 0.15) is 5.75 Å². The molecule has 0 amide bonds. The monoisotopic (exact) mass is 262 g/mol. The van der Waals surface area contributed by atoms with Crippen molar-refractivity contribution in [2.24, 2.45) is 0 Å². The quantitative estimate of drug-likeness (QED) is 0.783. The van der Waals surface area contributed by atoms with E-state index in [9.17, 15) is 18.0 Å². The minimum Gasteiger partial charge on any atom is -0.496 e. The summed E-state index contributed by atoms with van der Waals surface area (Å²) in [6.45, 7) is 0. The number of hydrogen-bond donors (Lipinski definition) is 0. The second kappa shape index (κ2) is 5.75.